The number of carboxylic acid groups (broad SMARTS) is 1. The molecule has 31 heavy (non-hydrogen) atoms. The van der Waals surface area contributed by atoms with Crippen molar-refractivity contribution in [2.45, 2.75) is 13.0 Å². The summed E-state index contributed by atoms with van der Waals surface area (Å²) in [6, 6.07) is 20.9. The minimum Gasteiger partial charge on any atom is -0.465 e. The molecule has 0 spiro atoms. The number of carbonyl (C=O) groups excluding carboxylic acids is 1. The van der Waals surface area contributed by atoms with Gasteiger partial charge in [0.2, 0.25) is 0 Å². The molecule has 2 aromatic carbocycles. The number of benzene rings is 2. The maximum atomic E-state index is 13.7. The number of amides is 2. The molecule has 0 saturated carbocycles. The van der Waals surface area contributed by atoms with Gasteiger partial charge in [0, 0.05) is 31.0 Å². The maximum absolute atomic E-state index is 13.7. The van der Waals surface area contributed by atoms with Crippen LogP contribution in [-0.4, -0.2) is 68.9 Å². The second kappa shape index (κ2) is 8.65. The Morgan fingerprint density at radius 2 is 1.65 bits per heavy atom. The highest BCUT2D eigenvalue weighted by Gasteiger charge is 2.34. The number of hydrogen-bond acceptors (Lipinski definition) is 3. The molecule has 3 aromatic rings. The van der Waals surface area contributed by atoms with Gasteiger partial charge in [0.15, 0.2) is 0 Å². The summed E-state index contributed by atoms with van der Waals surface area (Å²) in [5.41, 5.74) is 4.10. The molecule has 7 nitrogen and oxygen atoms in total. The van der Waals surface area contributed by atoms with Crippen molar-refractivity contribution in [3.8, 4) is 16.9 Å². The Morgan fingerprint density at radius 1 is 1.00 bits per heavy atom. The summed E-state index contributed by atoms with van der Waals surface area (Å²) in [4.78, 5) is 27.8. The minimum absolute atomic E-state index is 0.0939. The zero-order valence-electron chi connectivity index (χ0n) is 17.3. The second-order valence-corrected chi connectivity index (χ2v) is 7.65. The molecule has 1 aliphatic heterocycles. The van der Waals surface area contributed by atoms with Gasteiger partial charge in [-0.05, 0) is 30.7 Å². The summed E-state index contributed by atoms with van der Waals surface area (Å²) in [6.45, 7) is 2.21. The van der Waals surface area contributed by atoms with E-state index in [2.05, 4.69) is 4.57 Å². The van der Waals surface area contributed by atoms with Crippen molar-refractivity contribution in [1.29, 1.82) is 0 Å². The fourth-order valence-corrected chi connectivity index (χ4v) is 4.20. The predicted octanol–water partition coefficient (Wildman–Crippen LogP) is 3.25. The second-order valence-electron chi connectivity index (χ2n) is 7.65. The molecule has 2 N–H and O–H groups in total. The first kappa shape index (κ1) is 20.7. The molecule has 1 fully saturated rings. The molecule has 0 bridgehead atoms. The topological polar surface area (TPSA) is 86.0 Å². The Labute approximate surface area is 180 Å². The van der Waals surface area contributed by atoms with Crippen molar-refractivity contribution >= 4 is 12.0 Å². The number of aliphatic hydroxyl groups excluding tert-OH is 1. The monoisotopic (exact) mass is 419 g/mol. The predicted molar refractivity (Wildman–Crippen MR) is 117 cm³/mol. The molecule has 2 amide bonds. The number of aryl methyl sites for hydroxylation is 1. The van der Waals surface area contributed by atoms with Crippen LogP contribution in [0.1, 0.15) is 16.1 Å². The molecule has 1 atom stereocenters. The van der Waals surface area contributed by atoms with E-state index in [-0.39, 0.29) is 32.1 Å². The zero-order valence-corrected chi connectivity index (χ0v) is 17.3. The number of para-hydroxylation sites is 1. The Kier molecular flexibility index (Phi) is 5.77. The number of nitrogens with zero attached hydrogens (tertiary/aromatic N) is 3. The summed E-state index contributed by atoms with van der Waals surface area (Å²) in [5, 5.41) is 19.2. The van der Waals surface area contributed by atoms with E-state index in [4.69, 9.17) is 0 Å². The van der Waals surface area contributed by atoms with Crippen LogP contribution in [0.25, 0.3) is 16.9 Å². The number of hydrogen-bond donors (Lipinski definition) is 2. The van der Waals surface area contributed by atoms with Crippen molar-refractivity contribution < 1.29 is 19.8 Å². The molecule has 160 valence electrons. The normalized spacial score (nSPS) is 16.4. The van der Waals surface area contributed by atoms with Gasteiger partial charge < -0.3 is 24.6 Å². The van der Waals surface area contributed by atoms with E-state index >= 15 is 0 Å². The molecular weight excluding hydrogens is 394 g/mol. The van der Waals surface area contributed by atoms with E-state index in [0.29, 0.717) is 5.56 Å². The van der Waals surface area contributed by atoms with Gasteiger partial charge in [-0.25, -0.2) is 4.79 Å². The van der Waals surface area contributed by atoms with Crippen LogP contribution in [0.5, 0.6) is 0 Å². The van der Waals surface area contributed by atoms with Crippen LogP contribution in [0.3, 0.4) is 0 Å². The summed E-state index contributed by atoms with van der Waals surface area (Å²) in [6.07, 6.45) is -1.04. The quantitative estimate of drug-likeness (QED) is 0.680. The molecule has 1 saturated heterocycles. The SMILES string of the molecule is Cc1cc(C(=O)N2CCN(C(=O)O)C[C@H]2CO)c(-c2ccccc2)n1-c1ccccc1. The van der Waals surface area contributed by atoms with Gasteiger partial charge in [0.05, 0.1) is 23.9 Å². The van der Waals surface area contributed by atoms with Crippen LogP contribution in [0, 0.1) is 6.92 Å². The zero-order chi connectivity index (χ0) is 22.0. The number of carbonyl (C=O) groups is 2. The fourth-order valence-electron chi connectivity index (χ4n) is 4.20. The van der Waals surface area contributed by atoms with Gasteiger partial charge in [-0.3, -0.25) is 4.79 Å². The van der Waals surface area contributed by atoms with Gasteiger partial charge in [0.1, 0.15) is 0 Å². The third kappa shape index (κ3) is 3.92. The first-order chi connectivity index (χ1) is 15.0. The van der Waals surface area contributed by atoms with Crippen LogP contribution in [0.2, 0.25) is 0 Å². The average molecular weight is 419 g/mol. The van der Waals surface area contributed by atoms with Crippen LogP contribution >= 0.6 is 0 Å². The standard InChI is InChI=1S/C24H25N3O4/c1-17-14-21(23(29)26-13-12-25(24(30)31)15-20(26)16-28)22(18-8-4-2-5-9-18)27(17)19-10-6-3-7-11-19/h2-11,14,20,28H,12-13,15-16H2,1H3,(H,30,31)/t20-/m0/s1. The first-order valence-electron chi connectivity index (χ1n) is 10.2. The number of aromatic nitrogens is 1. The van der Waals surface area contributed by atoms with E-state index in [1.807, 2.05) is 73.7 Å². The van der Waals surface area contributed by atoms with Crippen molar-refractivity contribution in [2.24, 2.45) is 0 Å². The van der Waals surface area contributed by atoms with Crippen LogP contribution in [-0.2, 0) is 0 Å². The van der Waals surface area contributed by atoms with Gasteiger partial charge in [-0.2, -0.15) is 0 Å². The summed E-state index contributed by atoms with van der Waals surface area (Å²) in [7, 11) is 0. The minimum atomic E-state index is -1.04. The Hall–Kier alpha value is -3.58. The average Bonchev–Trinajstić information content (AvgIpc) is 3.16. The van der Waals surface area contributed by atoms with Crippen LogP contribution in [0.15, 0.2) is 66.7 Å². The lowest BCUT2D eigenvalue weighted by Crippen LogP contribution is -2.57. The van der Waals surface area contributed by atoms with Crippen molar-refractivity contribution in [3.05, 3.63) is 78.0 Å². The van der Waals surface area contributed by atoms with E-state index < -0.39 is 12.1 Å². The number of rotatable bonds is 4. The van der Waals surface area contributed by atoms with Gasteiger partial charge >= 0.3 is 6.09 Å². The van der Waals surface area contributed by atoms with E-state index in [9.17, 15) is 19.8 Å². The molecule has 1 aliphatic rings. The highest BCUT2D eigenvalue weighted by Crippen LogP contribution is 2.32. The van der Waals surface area contributed by atoms with Crippen LogP contribution < -0.4 is 0 Å². The van der Waals surface area contributed by atoms with Crippen LogP contribution in [0.4, 0.5) is 4.79 Å². The molecule has 0 unspecified atom stereocenters. The molecule has 7 heteroatoms. The molecular formula is C24H25N3O4. The molecule has 1 aromatic heterocycles. The van der Waals surface area contributed by atoms with Gasteiger partial charge in [0.25, 0.3) is 5.91 Å². The van der Waals surface area contributed by atoms with E-state index in [0.717, 1.165) is 22.6 Å². The maximum Gasteiger partial charge on any atom is 0.407 e. The Balaban J connectivity index is 1.80. The summed E-state index contributed by atoms with van der Waals surface area (Å²) >= 11 is 0. The highest BCUT2D eigenvalue weighted by molar-refractivity contribution is 6.01. The third-order valence-electron chi connectivity index (χ3n) is 5.70. The lowest BCUT2D eigenvalue weighted by molar-refractivity contribution is 0.0311. The lowest BCUT2D eigenvalue weighted by Gasteiger charge is -2.39. The molecule has 4 rings (SSSR count). The third-order valence-corrected chi connectivity index (χ3v) is 5.70. The summed E-state index contributed by atoms with van der Waals surface area (Å²) in [5.74, 6) is -0.208. The van der Waals surface area contributed by atoms with Crippen molar-refractivity contribution in [1.82, 2.24) is 14.4 Å². The highest BCUT2D eigenvalue weighted by atomic mass is 16.4. The summed E-state index contributed by atoms with van der Waals surface area (Å²) < 4.78 is 2.06. The molecule has 0 radical (unpaired) electrons. The number of piperazine rings is 1. The van der Waals surface area contributed by atoms with Crippen molar-refractivity contribution in [3.63, 3.8) is 0 Å². The van der Waals surface area contributed by atoms with E-state index in [1.165, 1.54) is 4.90 Å². The fraction of sp³-hybridized carbons (Fsp3) is 0.250. The largest absolute Gasteiger partial charge is 0.465 e. The molecule has 0 aliphatic carbocycles. The van der Waals surface area contributed by atoms with Gasteiger partial charge in [-0.1, -0.05) is 48.5 Å². The molecule has 2 heterocycles. The first-order valence-corrected chi connectivity index (χ1v) is 10.2. The van der Waals surface area contributed by atoms with E-state index in [1.54, 1.807) is 4.90 Å². The van der Waals surface area contributed by atoms with Crippen molar-refractivity contribution in [2.75, 3.05) is 26.2 Å². The smallest absolute Gasteiger partial charge is 0.407 e. The number of aliphatic hydroxyl groups is 1. The Bertz CT molecular complexity index is 1080. The van der Waals surface area contributed by atoms with Gasteiger partial charge in [-0.15, -0.1) is 0 Å². The Morgan fingerprint density at radius 3 is 2.26 bits per heavy atom. The lowest BCUT2D eigenvalue weighted by atomic mass is 10.0.